The van der Waals surface area contributed by atoms with E-state index in [2.05, 4.69) is 28.3 Å². The van der Waals surface area contributed by atoms with Crippen LogP contribution < -0.4 is 5.73 Å². The third-order valence-electron chi connectivity index (χ3n) is 3.94. The van der Waals surface area contributed by atoms with E-state index >= 15 is 0 Å². The topological polar surface area (TPSA) is 50.8 Å². The van der Waals surface area contributed by atoms with Crippen molar-refractivity contribution in [2.45, 2.75) is 18.9 Å². The third-order valence-corrected chi connectivity index (χ3v) is 5.87. The highest BCUT2D eigenvalue weighted by Crippen LogP contribution is 2.36. The predicted octanol–water partition coefficient (Wildman–Crippen LogP) is 1.90. The fourth-order valence-electron chi connectivity index (χ4n) is 2.71. The number of ether oxygens (including phenoxy) is 1. The second kappa shape index (κ2) is 5.95. The second-order valence-corrected chi connectivity index (χ2v) is 7.59. The van der Waals surface area contributed by atoms with Crippen molar-refractivity contribution in [1.82, 2.24) is 4.90 Å². The number of thioether (sulfide) groups is 1. The van der Waals surface area contributed by atoms with Crippen molar-refractivity contribution in [1.29, 1.82) is 0 Å². The molecular formula is C14H21N3OS2. The summed E-state index contributed by atoms with van der Waals surface area (Å²) in [5, 5.41) is 2.15. The molecule has 20 heavy (non-hydrogen) atoms. The number of nitrogens with zero attached hydrogens (tertiary/aromatic N) is 2. The van der Waals surface area contributed by atoms with Gasteiger partial charge in [0, 0.05) is 35.9 Å². The number of nitrogens with two attached hydrogens (primary N) is 1. The molecule has 0 aliphatic carbocycles. The van der Waals surface area contributed by atoms with Crippen molar-refractivity contribution in [2.75, 3.05) is 37.7 Å². The molecule has 0 saturated carbocycles. The minimum absolute atomic E-state index is 0.317. The lowest BCUT2D eigenvalue weighted by Gasteiger charge is -2.34. The van der Waals surface area contributed by atoms with Gasteiger partial charge in [0.25, 0.3) is 0 Å². The van der Waals surface area contributed by atoms with Crippen LogP contribution >= 0.6 is 23.1 Å². The molecule has 1 unspecified atom stereocenters. The fourth-order valence-corrected chi connectivity index (χ4v) is 4.59. The molecule has 0 aromatic carbocycles. The van der Waals surface area contributed by atoms with E-state index in [0.717, 1.165) is 37.6 Å². The van der Waals surface area contributed by atoms with Crippen LogP contribution in [-0.2, 0) is 16.8 Å². The van der Waals surface area contributed by atoms with Gasteiger partial charge in [-0.05, 0) is 23.9 Å². The highest BCUT2D eigenvalue weighted by atomic mass is 32.2. The standard InChI is InChI=1S/C14H21N3OS2/c1-14(11-3-7-20-12(11)2-6-18-14)10-16-13(15)17-4-8-19-9-5-17/h3,7H,2,4-6,8-10H2,1H3,(H2,15,16). The Bertz CT molecular complexity index is 496. The number of hydrogen-bond acceptors (Lipinski definition) is 4. The van der Waals surface area contributed by atoms with Gasteiger partial charge in [-0.15, -0.1) is 11.3 Å². The normalized spacial score (nSPS) is 27.4. The van der Waals surface area contributed by atoms with Crippen molar-refractivity contribution in [3.8, 4) is 0 Å². The summed E-state index contributed by atoms with van der Waals surface area (Å²) in [5.41, 5.74) is 7.11. The Labute approximate surface area is 128 Å². The van der Waals surface area contributed by atoms with Gasteiger partial charge >= 0.3 is 0 Å². The van der Waals surface area contributed by atoms with Gasteiger partial charge in [0.1, 0.15) is 5.60 Å². The maximum atomic E-state index is 6.13. The molecule has 0 spiro atoms. The van der Waals surface area contributed by atoms with Crippen molar-refractivity contribution in [3.05, 3.63) is 21.9 Å². The van der Waals surface area contributed by atoms with Gasteiger partial charge in [-0.1, -0.05) is 0 Å². The van der Waals surface area contributed by atoms with Crippen molar-refractivity contribution in [2.24, 2.45) is 10.7 Å². The molecule has 110 valence electrons. The molecule has 0 radical (unpaired) electrons. The second-order valence-electron chi connectivity index (χ2n) is 5.36. The Kier molecular flexibility index (Phi) is 4.23. The van der Waals surface area contributed by atoms with Gasteiger partial charge in [-0.3, -0.25) is 0 Å². The molecule has 0 bridgehead atoms. The van der Waals surface area contributed by atoms with Gasteiger partial charge < -0.3 is 15.4 Å². The molecule has 2 N–H and O–H groups in total. The maximum Gasteiger partial charge on any atom is 0.191 e. The first-order valence-electron chi connectivity index (χ1n) is 7.02. The van der Waals surface area contributed by atoms with Gasteiger partial charge in [-0.25, -0.2) is 4.99 Å². The highest BCUT2D eigenvalue weighted by Gasteiger charge is 2.34. The minimum Gasteiger partial charge on any atom is -0.370 e. The molecule has 3 heterocycles. The number of aliphatic imine (C=N–C) groups is 1. The Balaban J connectivity index is 1.71. The summed E-state index contributed by atoms with van der Waals surface area (Å²) in [6, 6.07) is 2.17. The van der Waals surface area contributed by atoms with Crippen molar-refractivity contribution in [3.63, 3.8) is 0 Å². The lowest BCUT2D eigenvalue weighted by molar-refractivity contribution is -0.0376. The monoisotopic (exact) mass is 311 g/mol. The number of rotatable bonds is 2. The summed E-state index contributed by atoms with van der Waals surface area (Å²) in [5.74, 6) is 2.94. The molecule has 3 rings (SSSR count). The van der Waals surface area contributed by atoms with E-state index in [4.69, 9.17) is 10.5 Å². The zero-order valence-electron chi connectivity index (χ0n) is 11.8. The lowest BCUT2D eigenvalue weighted by atomic mass is 9.93. The molecule has 1 fully saturated rings. The average Bonchev–Trinajstić information content (AvgIpc) is 2.96. The summed E-state index contributed by atoms with van der Waals surface area (Å²) >= 11 is 3.79. The number of guanidine groups is 1. The van der Waals surface area contributed by atoms with Crippen LogP contribution in [0.25, 0.3) is 0 Å². The summed E-state index contributed by atoms with van der Waals surface area (Å²) in [6.45, 7) is 5.51. The zero-order chi connectivity index (χ0) is 14.0. The van der Waals surface area contributed by atoms with Gasteiger partial charge in [0.15, 0.2) is 5.96 Å². The Morgan fingerprint density at radius 3 is 3.10 bits per heavy atom. The van der Waals surface area contributed by atoms with E-state index in [-0.39, 0.29) is 5.60 Å². The molecule has 1 aromatic heterocycles. The summed E-state index contributed by atoms with van der Waals surface area (Å²) in [4.78, 5) is 8.22. The van der Waals surface area contributed by atoms with E-state index in [1.165, 1.54) is 10.4 Å². The number of hydrogen-bond donors (Lipinski definition) is 1. The van der Waals surface area contributed by atoms with E-state index in [1.54, 1.807) is 0 Å². The number of fused-ring (bicyclic) bond motifs is 1. The SMILES string of the molecule is CC1(CN=C(N)N2CCSCC2)OCCc2sccc21. The van der Waals surface area contributed by atoms with Gasteiger partial charge in [0.05, 0.1) is 13.2 Å². The smallest absolute Gasteiger partial charge is 0.191 e. The van der Waals surface area contributed by atoms with Crippen LogP contribution in [0.1, 0.15) is 17.4 Å². The van der Waals surface area contributed by atoms with E-state index in [9.17, 15) is 0 Å². The third kappa shape index (κ3) is 2.82. The van der Waals surface area contributed by atoms with E-state index < -0.39 is 0 Å². The summed E-state index contributed by atoms with van der Waals surface area (Å²) in [6.07, 6.45) is 1.02. The largest absolute Gasteiger partial charge is 0.370 e. The highest BCUT2D eigenvalue weighted by molar-refractivity contribution is 7.99. The lowest BCUT2D eigenvalue weighted by Crippen LogP contribution is -2.44. The first-order chi connectivity index (χ1) is 9.69. The molecule has 1 aromatic rings. The van der Waals surface area contributed by atoms with Crippen LogP contribution in [0.15, 0.2) is 16.4 Å². The zero-order valence-corrected chi connectivity index (χ0v) is 13.4. The maximum absolute atomic E-state index is 6.13. The van der Waals surface area contributed by atoms with Crippen LogP contribution in [0.3, 0.4) is 0 Å². The molecule has 4 nitrogen and oxygen atoms in total. The molecule has 2 aliphatic heterocycles. The Morgan fingerprint density at radius 1 is 1.50 bits per heavy atom. The summed E-state index contributed by atoms with van der Waals surface area (Å²) < 4.78 is 6.01. The average molecular weight is 311 g/mol. The number of thiophene rings is 1. The van der Waals surface area contributed by atoms with Gasteiger partial charge in [-0.2, -0.15) is 11.8 Å². The molecule has 2 aliphatic rings. The first-order valence-corrected chi connectivity index (χ1v) is 9.06. The molecule has 0 amide bonds. The van der Waals surface area contributed by atoms with E-state index in [1.807, 2.05) is 23.1 Å². The van der Waals surface area contributed by atoms with Crippen molar-refractivity contribution < 1.29 is 4.74 Å². The molecule has 1 atom stereocenters. The first kappa shape index (κ1) is 14.2. The summed E-state index contributed by atoms with van der Waals surface area (Å²) in [7, 11) is 0. The quantitative estimate of drug-likeness (QED) is 0.669. The van der Waals surface area contributed by atoms with Crippen LogP contribution in [0.2, 0.25) is 0 Å². The van der Waals surface area contributed by atoms with Crippen molar-refractivity contribution >= 4 is 29.1 Å². The molecule has 6 heteroatoms. The Hall–Kier alpha value is -0.720. The van der Waals surface area contributed by atoms with Gasteiger partial charge in [0.2, 0.25) is 0 Å². The molecule has 1 saturated heterocycles. The fraction of sp³-hybridized carbons (Fsp3) is 0.643. The van der Waals surface area contributed by atoms with Crippen LogP contribution in [0.4, 0.5) is 0 Å². The Morgan fingerprint density at radius 2 is 2.30 bits per heavy atom. The predicted molar refractivity (Wildman–Crippen MR) is 86.7 cm³/mol. The molecular weight excluding hydrogens is 290 g/mol. The van der Waals surface area contributed by atoms with Crippen LogP contribution in [-0.4, -0.2) is 48.6 Å². The van der Waals surface area contributed by atoms with Crippen LogP contribution in [0, 0.1) is 0 Å². The van der Waals surface area contributed by atoms with E-state index in [0.29, 0.717) is 12.5 Å². The minimum atomic E-state index is -0.317. The van der Waals surface area contributed by atoms with Crippen LogP contribution in [0.5, 0.6) is 0 Å².